The Bertz CT molecular complexity index is 335. The standard InChI is InChI=1S/C12H24N4O/c1-6-7-16-12(11(17-5)8-14-16)10(13-2)9-15(3)4/h8,10,13H,6-7,9H2,1-5H3. The van der Waals surface area contributed by atoms with Crippen molar-refractivity contribution in [2.24, 2.45) is 0 Å². The van der Waals surface area contributed by atoms with E-state index in [1.165, 1.54) is 0 Å². The van der Waals surface area contributed by atoms with Crippen molar-refractivity contribution in [1.82, 2.24) is 20.0 Å². The lowest BCUT2D eigenvalue weighted by molar-refractivity contribution is 0.328. The van der Waals surface area contributed by atoms with Crippen molar-refractivity contribution in [3.8, 4) is 5.75 Å². The van der Waals surface area contributed by atoms with E-state index in [-0.39, 0.29) is 6.04 Å². The normalized spacial score (nSPS) is 13.1. The van der Waals surface area contributed by atoms with E-state index in [1.807, 2.05) is 11.7 Å². The monoisotopic (exact) mass is 240 g/mol. The van der Waals surface area contributed by atoms with Crippen molar-refractivity contribution in [3.63, 3.8) is 0 Å². The van der Waals surface area contributed by atoms with Crippen molar-refractivity contribution in [2.75, 3.05) is 34.8 Å². The summed E-state index contributed by atoms with van der Waals surface area (Å²) in [7, 11) is 7.80. The number of nitrogens with zero attached hydrogens (tertiary/aromatic N) is 3. The fourth-order valence-corrected chi connectivity index (χ4v) is 1.96. The highest BCUT2D eigenvalue weighted by molar-refractivity contribution is 5.28. The Morgan fingerprint density at radius 3 is 2.71 bits per heavy atom. The van der Waals surface area contributed by atoms with E-state index in [0.29, 0.717) is 0 Å². The molecule has 0 aliphatic heterocycles. The maximum absolute atomic E-state index is 5.39. The number of nitrogens with one attached hydrogen (secondary N) is 1. The fourth-order valence-electron chi connectivity index (χ4n) is 1.96. The van der Waals surface area contributed by atoms with E-state index in [9.17, 15) is 0 Å². The first kappa shape index (κ1) is 14.0. The minimum Gasteiger partial charge on any atom is -0.493 e. The maximum Gasteiger partial charge on any atom is 0.161 e. The van der Waals surface area contributed by atoms with E-state index in [0.717, 1.165) is 31.0 Å². The Kier molecular flexibility index (Phi) is 5.44. The molecule has 1 N–H and O–H groups in total. The molecule has 0 aliphatic carbocycles. The number of methoxy groups -OCH3 is 1. The van der Waals surface area contributed by atoms with Crippen LogP contribution in [0.2, 0.25) is 0 Å². The average Bonchev–Trinajstić information content (AvgIpc) is 2.69. The van der Waals surface area contributed by atoms with Gasteiger partial charge < -0.3 is 15.0 Å². The highest BCUT2D eigenvalue weighted by Gasteiger charge is 2.20. The summed E-state index contributed by atoms with van der Waals surface area (Å²) in [5.74, 6) is 0.861. The van der Waals surface area contributed by atoms with Gasteiger partial charge in [0.05, 0.1) is 25.0 Å². The van der Waals surface area contributed by atoms with Gasteiger partial charge in [-0.2, -0.15) is 5.10 Å². The molecule has 0 aliphatic rings. The molecule has 98 valence electrons. The Balaban J connectivity index is 3.00. The summed E-state index contributed by atoms with van der Waals surface area (Å²) < 4.78 is 7.43. The van der Waals surface area contributed by atoms with Gasteiger partial charge in [-0.15, -0.1) is 0 Å². The van der Waals surface area contributed by atoms with Crippen molar-refractivity contribution in [3.05, 3.63) is 11.9 Å². The van der Waals surface area contributed by atoms with Crippen LogP contribution in [0, 0.1) is 0 Å². The second-order valence-corrected chi connectivity index (χ2v) is 4.42. The van der Waals surface area contributed by atoms with E-state index in [1.54, 1.807) is 13.3 Å². The quantitative estimate of drug-likeness (QED) is 0.775. The lowest BCUT2D eigenvalue weighted by Crippen LogP contribution is -2.31. The van der Waals surface area contributed by atoms with E-state index in [2.05, 4.69) is 36.3 Å². The van der Waals surface area contributed by atoms with Crippen LogP contribution >= 0.6 is 0 Å². The first-order chi connectivity index (χ1) is 8.13. The molecule has 5 nitrogen and oxygen atoms in total. The van der Waals surface area contributed by atoms with Gasteiger partial charge in [0.15, 0.2) is 5.75 Å². The van der Waals surface area contributed by atoms with Crippen LogP contribution in [0.3, 0.4) is 0 Å². The molecular formula is C12H24N4O. The van der Waals surface area contributed by atoms with Gasteiger partial charge in [-0.25, -0.2) is 0 Å². The van der Waals surface area contributed by atoms with E-state index < -0.39 is 0 Å². The smallest absolute Gasteiger partial charge is 0.161 e. The number of hydrogen-bond acceptors (Lipinski definition) is 4. The summed E-state index contributed by atoms with van der Waals surface area (Å²) in [5, 5.41) is 7.71. The molecule has 0 amide bonds. The van der Waals surface area contributed by atoms with Crippen LogP contribution < -0.4 is 10.1 Å². The molecule has 1 atom stereocenters. The number of hydrogen-bond donors (Lipinski definition) is 1. The summed E-state index contributed by atoms with van der Waals surface area (Å²) >= 11 is 0. The molecule has 0 saturated heterocycles. The first-order valence-electron chi connectivity index (χ1n) is 6.05. The van der Waals surface area contributed by atoms with Gasteiger partial charge in [-0.05, 0) is 27.6 Å². The van der Waals surface area contributed by atoms with Crippen LogP contribution in [0.15, 0.2) is 6.20 Å². The molecule has 0 saturated carbocycles. The molecule has 0 radical (unpaired) electrons. The number of ether oxygens (including phenoxy) is 1. The van der Waals surface area contributed by atoms with Crippen LogP contribution in [-0.4, -0.2) is 49.5 Å². The molecule has 1 rings (SSSR count). The Hall–Kier alpha value is -1.07. The van der Waals surface area contributed by atoms with Crippen molar-refractivity contribution in [1.29, 1.82) is 0 Å². The summed E-state index contributed by atoms with van der Waals surface area (Å²) in [4.78, 5) is 2.16. The van der Waals surface area contributed by atoms with Gasteiger partial charge in [0.2, 0.25) is 0 Å². The Morgan fingerprint density at radius 2 is 2.24 bits per heavy atom. The lowest BCUT2D eigenvalue weighted by Gasteiger charge is -2.22. The molecule has 1 aromatic rings. The third-order valence-electron chi connectivity index (χ3n) is 2.73. The Morgan fingerprint density at radius 1 is 1.53 bits per heavy atom. The largest absolute Gasteiger partial charge is 0.493 e. The SMILES string of the molecule is CCCn1ncc(OC)c1C(CN(C)C)NC. The highest BCUT2D eigenvalue weighted by Crippen LogP contribution is 2.25. The molecule has 1 unspecified atom stereocenters. The van der Waals surface area contributed by atoms with Crippen LogP contribution in [-0.2, 0) is 6.54 Å². The summed E-state index contributed by atoms with van der Waals surface area (Å²) in [6.07, 6.45) is 2.86. The van der Waals surface area contributed by atoms with Gasteiger partial charge in [-0.3, -0.25) is 4.68 Å². The minimum absolute atomic E-state index is 0.231. The molecule has 17 heavy (non-hydrogen) atoms. The van der Waals surface area contributed by atoms with E-state index in [4.69, 9.17) is 4.74 Å². The maximum atomic E-state index is 5.39. The predicted molar refractivity (Wildman–Crippen MR) is 69.4 cm³/mol. The number of rotatable bonds is 7. The van der Waals surface area contributed by atoms with Crippen molar-refractivity contribution in [2.45, 2.75) is 25.9 Å². The number of aryl methyl sites for hydroxylation is 1. The zero-order chi connectivity index (χ0) is 12.8. The van der Waals surface area contributed by atoms with E-state index >= 15 is 0 Å². The van der Waals surface area contributed by atoms with Crippen molar-refractivity contribution >= 4 is 0 Å². The lowest BCUT2D eigenvalue weighted by atomic mass is 10.2. The molecular weight excluding hydrogens is 216 g/mol. The van der Waals surface area contributed by atoms with Crippen LogP contribution in [0.25, 0.3) is 0 Å². The third-order valence-corrected chi connectivity index (χ3v) is 2.73. The third kappa shape index (κ3) is 3.44. The topological polar surface area (TPSA) is 42.3 Å². The van der Waals surface area contributed by atoms with Gasteiger partial charge in [-0.1, -0.05) is 6.92 Å². The second-order valence-electron chi connectivity index (χ2n) is 4.42. The predicted octanol–water partition coefficient (Wildman–Crippen LogP) is 1.12. The zero-order valence-corrected chi connectivity index (χ0v) is 11.5. The summed E-state index contributed by atoms with van der Waals surface area (Å²) in [6.45, 7) is 3.99. The molecule has 0 fully saturated rings. The number of likely N-dealkylation sites (N-methyl/N-ethyl adjacent to an activating group) is 2. The molecule has 1 heterocycles. The first-order valence-corrected chi connectivity index (χ1v) is 6.05. The molecule has 0 spiro atoms. The fraction of sp³-hybridized carbons (Fsp3) is 0.750. The molecule has 5 heteroatoms. The molecule has 1 aromatic heterocycles. The van der Waals surface area contributed by atoms with Gasteiger partial charge in [0.1, 0.15) is 0 Å². The summed E-state index contributed by atoms with van der Waals surface area (Å²) in [6, 6.07) is 0.231. The summed E-state index contributed by atoms with van der Waals surface area (Å²) in [5.41, 5.74) is 1.13. The van der Waals surface area contributed by atoms with Gasteiger partial charge in [0, 0.05) is 13.1 Å². The van der Waals surface area contributed by atoms with Gasteiger partial charge in [0.25, 0.3) is 0 Å². The second kappa shape index (κ2) is 6.61. The van der Waals surface area contributed by atoms with Crippen LogP contribution in [0.5, 0.6) is 5.75 Å². The van der Waals surface area contributed by atoms with Crippen LogP contribution in [0.4, 0.5) is 0 Å². The zero-order valence-electron chi connectivity index (χ0n) is 11.5. The molecule has 0 aromatic carbocycles. The van der Waals surface area contributed by atoms with Gasteiger partial charge >= 0.3 is 0 Å². The van der Waals surface area contributed by atoms with Crippen LogP contribution in [0.1, 0.15) is 25.1 Å². The molecule has 0 bridgehead atoms. The van der Waals surface area contributed by atoms with Crippen molar-refractivity contribution < 1.29 is 4.74 Å². The number of aromatic nitrogens is 2. The average molecular weight is 240 g/mol. The highest BCUT2D eigenvalue weighted by atomic mass is 16.5. The minimum atomic E-state index is 0.231. The Labute approximate surface area is 104 Å².